The third-order valence-corrected chi connectivity index (χ3v) is 2.31. The van der Waals surface area contributed by atoms with Gasteiger partial charge in [0.25, 0.3) is 11.3 Å². The number of aromatic amines is 1. The first-order chi connectivity index (χ1) is 8.68. The molecular formula is C12H10N2O4. The van der Waals surface area contributed by atoms with Crippen molar-refractivity contribution < 1.29 is 9.66 Å². The maximum Gasteiger partial charge on any atom is 0.375 e. The van der Waals surface area contributed by atoms with Crippen LogP contribution in [0.15, 0.2) is 47.4 Å². The third kappa shape index (κ3) is 2.54. The smallest absolute Gasteiger partial charge is 0.375 e. The van der Waals surface area contributed by atoms with E-state index < -0.39 is 16.0 Å². The summed E-state index contributed by atoms with van der Waals surface area (Å²) in [5.74, 6) is -0.128. The molecule has 1 aromatic carbocycles. The highest BCUT2D eigenvalue weighted by Gasteiger charge is 2.20. The molecule has 0 saturated carbocycles. The van der Waals surface area contributed by atoms with E-state index in [1.807, 2.05) is 30.3 Å². The molecule has 2 aromatic rings. The molecule has 1 heterocycles. The summed E-state index contributed by atoms with van der Waals surface area (Å²) in [4.78, 5) is 23.9. The number of benzene rings is 1. The quantitative estimate of drug-likeness (QED) is 0.659. The van der Waals surface area contributed by atoms with Crippen LogP contribution in [-0.2, 0) is 6.61 Å². The zero-order valence-corrected chi connectivity index (χ0v) is 9.33. The number of hydrogen-bond donors (Lipinski definition) is 1. The van der Waals surface area contributed by atoms with E-state index >= 15 is 0 Å². The SMILES string of the molecule is O=c1cc[nH]c(OCc2ccccc2)c1[N+](=O)[O-]. The number of nitrogens with zero attached hydrogens (tertiary/aromatic N) is 1. The highest BCUT2D eigenvalue weighted by Crippen LogP contribution is 2.19. The molecule has 0 unspecified atom stereocenters. The lowest BCUT2D eigenvalue weighted by Gasteiger charge is -2.05. The highest BCUT2D eigenvalue weighted by molar-refractivity contribution is 5.39. The fraction of sp³-hybridized carbons (Fsp3) is 0.0833. The Labute approximate surface area is 102 Å². The summed E-state index contributed by atoms with van der Waals surface area (Å²) in [7, 11) is 0. The maximum atomic E-state index is 11.4. The van der Waals surface area contributed by atoms with Gasteiger partial charge < -0.3 is 9.72 Å². The van der Waals surface area contributed by atoms with Crippen molar-refractivity contribution in [1.82, 2.24) is 4.98 Å². The summed E-state index contributed by atoms with van der Waals surface area (Å²) < 4.78 is 5.27. The second kappa shape index (κ2) is 5.13. The molecule has 0 aliphatic heterocycles. The van der Waals surface area contributed by atoms with Gasteiger partial charge in [0, 0.05) is 12.3 Å². The number of hydrogen-bond acceptors (Lipinski definition) is 4. The zero-order valence-electron chi connectivity index (χ0n) is 9.33. The van der Waals surface area contributed by atoms with Crippen LogP contribution >= 0.6 is 0 Å². The number of pyridine rings is 1. The number of H-pyrrole nitrogens is 1. The van der Waals surface area contributed by atoms with Gasteiger partial charge in [0.1, 0.15) is 6.61 Å². The predicted molar refractivity (Wildman–Crippen MR) is 64.5 cm³/mol. The molecule has 1 aromatic heterocycles. The summed E-state index contributed by atoms with van der Waals surface area (Å²) in [6.07, 6.45) is 1.32. The lowest BCUT2D eigenvalue weighted by molar-refractivity contribution is -0.387. The van der Waals surface area contributed by atoms with Crippen LogP contribution < -0.4 is 10.2 Å². The van der Waals surface area contributed by atoms with Gasteiger partial charge >= 0.3 is 5.69 Å². The zero-order chi connectivity index (χ0) is 13.0. The topological polar surface area (TPSA) is 85.2 Å². The first-order valence-electron chi connectivity index (χ1n) is 5.21. The Morgan fingerprint density at radius 1 is 1.22 bits per heavy atom. The summed E-state index contributed by atoms with van der Waals surface area (Å²) >= 11 is 0. The minimum Gasteiger partial charge on any atom is -0.469 e. The fourth-order valence-corrected chi connectivity index (χ4v) is 1.46. The van der Waals surface area contributed by atoms with Gasteiger partial charge in [-0.2, -0.15) is 0 Å². The Morgan fingerprint density at radius 2 is 1.94 bits per heavy atom. The Hall–Kier alpha value is -2.63. The van der Waals surface area contributed by atoms with Crippen LogP contribution in [0, 0.1) is 10.1 Å². The van der Waals surface area contributed by atoms with Crippen molar-refractivity contribution in [3.63, 3.8) is 0 Å². The van der Waals surface area contributed by atoms with Crippen molar-refractivity contribution in [3.05, 3.63) is 68.5 Å². The molecule has 0 atom stereocenters. The Balaban J connectivity index is 2.22. The van der Waals surface area contributed by atoms with Crippen LogP contribution in [0.3, 0.4) is 0 Å². The highest BCUT2D eigenvalue weighted by atomic mass is 16.6. The Bertz CT molecular complexity index is 607. The van der Waals surface area contributed by atoms with E-state index in [0.29, 0.717) is 0 Å². The van der Waals surface area contributed by atoms with Gasteiger partial charge in [0.2, 0.25) is 0 Å². The van der Waals surface area contributed by atoms with E-state index in [1.54, 1.807) is 0 Å². The van der Waals surface area contributed by atoms with E-state index in [1.165, 1.54) is 6.20 Å². The molecule has 0 aliphatic rings. The summed E-state index contributed by atoms with van der Waals surface area (Å²) in [5.41, 5.74) is -0.397. The van der Waals surface area contributed by atoms with Crippen molar-refractivity contribution in [2.75, 3.05) is 0 Å². The van der Waals surface area contributed by atoms with Crippen molar-refractivity contribution >= 4 is 5.69 Å². The number of ether oxygens (including phenoxy) is 1. The normalized spacial score (nSPS) is 10.0. The Kier molecular flexibility index (Phi) is 3.38. The van der Waals surface area contributed by atoms with Gasteiger partial charge in [-0.15, -0.1) is 0 Å². The van der Waals surface area contributed by atoms with Gasteiger partial charge in [-0.3, -0.25) is 14.9 Å². The molecule has 0 aliphatic carbocycles. The standard InChI is InChI=1S/C12H10N2O4/c15-10-6-7-13-12(11(10)14(16)17)18-8-9-4-2-1-3-5-9/h1-7H,8H2,(H,13,15). The van der Waals surface area contributed by atoms with Crippen molar-refractivity contribution in [2.45, 2.75) is 6.61 Å². The number of aromatic nitrogens is 1. The average Bonchev–Trinajstić information content (AvgIpc) is 2.37. The minimum absolute atomic E-state index is 0.128. The molecule has 0 amide bonds. The summed E-state index contributed by atoms with van der Waals surface area (Å²) in [5, 5.41) is 10.8. The summed E-state index contributed by atoms with van der Waals surface area (Å²) in [6, 6.07) is 10.3. The van der Waals surface area contributed by atoms with Crippen LogP contribution in [0.1, 0.15) is 5.56 Å². The van der Waals surface area contributed by atoms with E-state index in [2.05, 4.69) is 4.98 Å². The molecular weight excluding hydrogens is 236 g/mol. The van der Waals surface area contributed by atoms with Gasteiger partial charge in [-0.1, -0.05) is 30.3 Å². The predicted octanol–water partition coefficient (Wildman–Crippen LogP) is 1.86. The van der Waals surface area contributed by atoms with Crippen LogP contribution in [0.2, 0.25) is 0 Å². The van der Waals surface area contributed by atoms with Crippen LogP contribution in [-0.4, -0.2) is 9.91 Å². The molecule has 0 saturated heterocycles. The van der Waals surface area contributed by atoms with Crippen molar-refractivity contribution in [2.24, 2.45) is 0 Å². The largest absolute Gasteiger partial charge is 0.469 e. The van der Waals surface area contributed by atoms with E-state index in [0.717, 1.165) is 11.6 Å². The number of nitro groups is 1. The maximum absolute atomic E-state index is 11.4. The van der Waals surface area contributed by atoms with Crippen LogP contribution in [0.25, 0.3) is 0 Å². The molecule has 6 heteroatoms. The lowest BCUT2D eigenvalue weighted by atomic mass is 10.2. The molecule has 0 fully saturated rings. The lowest BCUT2D eigenvalue weighted by Crippen LogP contribution is -2.10. The monoisotopic (exact) mass is 246 g/mol. The Morgan fingerprint density at radius 3 is 2.61 bits per heavy atom. The average molecular weight is 246 g/mol. The van der Waals surface area contributed by atoms with Gasteiger partial charge in [0.15, 0.2) is 0 Å². The molecule has 92 valence electrons. The number of nitrogens with one attached hydrogen (secondary N) is 1. The second-order valence-corrected chi connectivity index (χ2v) is 3.55. The van der Waals surface area contributed by atoms with Crippen molar-refractivity contribution in [1.29, 1.82) is 0 Å². The molecule has 0 spiro atoms. The molecule has 18 heavy (non-hydrogen) atoms. The van der Waals surface area contributed by atoms with Crippen LogP contribution in [0.5, 0.6) is 5.88 Å². The molecule has 6 nitrogen and oxygen atoms in total. The van der Waals surface area contributed by atoms with Gasteiger partial charge in [-0.25, -0.2) is 0 Å². The molecule has 0 radical (unpaired) electrons. The van der Waals surface area contributed by atoms with Crippen LogP contribution in [0.4, 0.5) is 5.69 Å². The molecule has 1 N–H and O–H groups in total. The first-order valence-corrected chi connectivity index (χ1v) is 5.21. The van der Waals surface area contributed by atoms with Gasteiger partial charge in [-0.05, 0) is 5.56 Å². The van der Waals surface area contributed by atoms with E-state index in [9.17, 15) is 14.9 Å². The second-order valence-electron chi connectivity index (χ2n) is 3.55. The molecule has 0 bridgehead atoms. The third-order valence-electron chi connectivity index (χ3n) is 2.31. The minimum atomic E-state index is -0.751. The fourth-order valence-electron chi connectivity index (χ4n) is 1.46. The summed E-state index contributed by atoms with van der Waals surface area (Å²) in [6.45, 7) is 0.154. The first kappa shape index (κ1) is 11.8. The molecule has 2 rings (SSSR count). The van der Waals surface area contributed by atoms with E-state index in [4.69, 9.17) is 4.74 Å². The van der Waals surface area contributed by atoms with Gasteiger partial charge in [0.05, 0.1) is 4.92 Å². The number of rotatable bonds is 4. The van der Waals surface area contributed by atoms with Crippen molar-refractivity contribution in [3.8, 4) is 5.88 Å². The van der Waals surface area contributed by atoms with E-state index in [-0.39, 0.29) is 12.5 Å².